The summed E-state index contributed by atoms with van der Waals surface area (Å²) in [6, 6.07) is 2.15. The molecule has 7 heteroatoms. The normalized spacial score (nSPS) is 25.4. The molecule has 1 N–H and O–H groups in total. The van der Waals surface area contributed by atoms with E-state index in [4.69, 9.17) is 4.74 Å². The molecule has 0 aliphatic carbocycles. The van der Waals surface area contributed by atoms with Crippen LogP contribution in [-0.2, 0) is 9.53 Å². The van der Waals surface area contributed by atoms with Crippen molar-refractivity contribution in [1.29, 1.82) is 0 Å². The van der Waals surface area contributed by atoms with Gasteiger partial charge in [0, 0.05) is 56.9 Å². The molecule has 3 saturated heterocycles. The van der Waals surface area contributed by atoms with Gasteiger partial charge in [-0.2, -0.15) is 0 Å². The molecule has 0 aromatic carbocycles. The average Bonchev–Trinajstić information content (AvgIpc) is 3.23. The van der Waals surface area contributed by atoms with Crippen molar-refractivity contribution in [3.05, 3.63) is 18.1 Å². The second kappa shape index (κ2) is 7.66. The highest BCUT2D eigenvalue weighted by atomic mass is 16.5. The first-order chi connectivity index (χ1) is 12.3. The van der Waals surface area contributed by atoms with Crippen LogP contribution in [-0.4, -0.2) is 72.8 Å². The van der Waals surface area contributed by atoms with Gasteiger partial charge in [0.05, 0.1) is 6.61 Å². The van der Waals surface area contributed by atoms with E-state index in [1.165, 1.54) is 12.8 Å². The summed E-state index contributed by atoms with van der Waals surface area (Å²) in [7, 11) is 0. The number of amides is 1. The minimum atomic E-state index is -0.314. The van der Waals surface area contributed by atoms with E-state index in [2.05, 4.69) is 26.3 Å². The minimum absolute atomic E-state index is 0.131. The standard InChI is InChI=1S/C18H27N5O2/c24-18(16-12-19-5-10-25-16)23-8-3-14(4-9-23)15-11-17(21-13-20-15)22-6-1-2-7-22/h11,13-14,16,19H,1-10,12H2/t16-/m1/s1. The van der Waals surface area contributed by atoms with Gasteiger partial charge in [0.15, 0.2) is 0 Å². The Kier molecular flexibility index (Phi) is 5.12. The molecular weight excluding hydrogens is 318 g/mol. The van der Waals surface area contributed by atoms with E-state index < -0.39 is 0 Å². The lowest BCUT2D eigenvalue weighted by Crippen LogP contribution is -2.51. The monoisotopic (exact) mass is 345 g/mol. The second-order valence-electron chi connectivity index (χ2n) is 7.16. The molecule has 4 rings (SSSR count). The molecule has 1 aromatic rings. The smallest absolute Gasteiger partial charge is 0.253 e. The van der Waals surface area contributed by atoms with Gasteiger partial charge >= 0.3 is 0 Å². The molecule has 0 radical (unpaired) electrons. The lowest BCUT2D eigenvalue weighted by molar-refractivity contribution is -0.146. The number of carbonyl (C=O) groups is 1. The summed E-state index contributed by atoms with van der Waals surface area (Å²) in [5.41, 5.74) is 1.12. The highest BCUT2D eigenvalue weighted by Gasteiger charge is 2.31. The lowest BCUT2D eigenvalue weighted by atomic mass is 9.93. The summed E-state index contributed by atoms with van der Waals surface area (Å²) >= 11 is 0. The third-order valence-corrected chi connectivity index (χ3v) is 5.53. The SMILES string of the molecule is O=C([C@H]1CNCCO1)N1CCC(c2cc(N3CCCC3)ncn2)CC1. The van der Waals surface area contributed by atoms with Gasteiger partial charge in [0.1, 0.15) is 18.2 Å². The van der Waals surface area contributed by atoms with Crippen LogP contribution in [0.5, 0.6) is 0 Å². The van der Waals surface area contributed by atoms with Crippen LogP contribution in [0.4, 0.5) is 5.82 Å². The van der Waals surface area contributed by atoms with Crippen molar-refractivity contribution in [2.45, 2.75) is 37.7 Å². The van der Waals surface area contributed by atoms with E-state index in [-0.39, 0.29) is 12.0 Å². The first-order valence-corrected chi connectivity index (χ1v) is 9.49. The van der Waals surface area contributed by atoms with Gasteiger partial charge in [-0.1, -0.05) is 0 Å². The summed E-state index contributed by atoms with van der Waals surface area (Å²) in [6.07, 6.45) is 5.80. The van der Waals surface area contributed by atoms with Gasteiger partial charge in [0.25, 0.3) is 5.91 Å². The van der Waals surface area contributed by atoms with Gasteiger partial charge in [-0.15, -0.1) is 0 Å². The fourth-order valence-corrected chi connectivity index (χ4v) is 4.03. The van der Waals surface area contributed by atoms with Crippen LogP contribution in [0.25, 0.3) is 0 Å². The van der Waals surface area contributed by atoms with Crippen molar-refractivity contribution in [2.75, 3.05) is 50.8 Å². The highest BCUT2D eigenvalue weighted by Crippen LogP contribution is 2.29. The Morgan fingerprint density at radius 1 is 1.16 bits per heavy atom. The van der Waals surface area contributed by atoms with E-state index in [0.717, 1.165) is 57.1 Å². The van der Waals surface area contributed by atoms with Crippen molar-refractivity contribution in [1.82, 2.24) is 20.2 Å². The first-order valence-electron chi connectivity index (χ1n) is 9.49. The van der Waals surface area contributed by atoms with Crippen molar-refractivity contribution in [3.63, 3.8) is 0 Å². The second-order valence-corrected chi connectivity index (χ2v) is 7.16. The molecule has 3 fully saturated rings. The molecule has 1 amide bonds. The van der Waals surface area contributed by atoms with Gasteiger partial charge in [-0.25, -0.2) is 9.97 Å². The van der Waals surface area contributed by atoms with E-state index in [9.17, 15) is 4.79 Å². The Bertz CT molecular complexity index is 591. The lowest BCUT2D eigenvalue weighted by Gasteiger charge is -2.35. The molecule has 0 spiro atoms. The Hall–Kier alpha value is -1.73. The number of morpholine rings is 1. The molecule has 3 aliphatic heterocycles. The number of ether oxygens (including phenoxy) is 1. The number of aromatic nitrogens is 2. The molecule has 3 aliphatic rings. The van der Waals surface area contributed by atoms with E-state index >= 15 is 0 Å². The number of rotatable bonds is 3. The van der Waals surface area contributed by atoms with Gasteiger partial charge in [-0.05, 0) is 25.7 Å². The Morgan fingerprint density at radius 2 is 1.96 bits per heavy atom. The molecule has 7 nitrogen and oxygen atoms in total. The Labute approximate surface area is 148 Å². The van der Waals surface area contributed by atoms with Crippen molar-refractivity contribution in [2.24, 2.45) is 0 Å². The number of nitrogens with zero attached hydrogens (tertiary/aromatic N) is 4. The van der Waals surface area contributed by atoms with Crippen LogP contribution < -0.4 is 10.2 Å². The summed E-state index contributed by atoms with van der Waals surface area (Å²) < 4.78 is 5.60. The maximum absolute atomic E-state index is 12.6. The van der Waals surface area contributed by atoms with Gasteiger partial charge in [0.2, 0.25) is 0 Å². The van der Waals surface area contributed by atoms with Crippen molar-refractivity contribution < 1.29 is 9.53 Å². The molecule has 1 atom stereocenters. The zero-order valence-electron chi connectivity index (χ0n) is 14.7. The third kappa shape index (κ3) is 3.77. The largest absolute Gasteiger partial charge is 0.366 e. The number of piperidine rings is 1. The zero-order valence-corrected chi connectivity index (χ0v) is 14.7. The van der Waals surface area contributed by atoms with Crippen molar-refractivity contribution in [3.8, 4) is 0 Å². The van der Waals surface area contributed by atoms with E-state index in [1.807, 2.05) is 4.90 Å². The maximum atomic E-state index is 12.6. The number of anilines is 1. The molecular formula is C18H27N5O2. The van der Waals surface area contributed by atoms with Crippen LogP contribution >= 0.6 is 0 Å². The zero-order chi connectivity index (χ0) is 17.1. The van der Waals surface area contributed by atoms with Gasteiger partial charge < -0.3 is 19.9 Å². The molecule has 1 aromatic heterocycles. The molecule has 136 valence electrons. The van der Waals surface area contributed by atoms with Crippen LogP contribution in [0.15, 0.2) is 12.4 Å². The molecule has 25 heavy (non-hydrogen) atoms. The third-order valence-electron chi connectivity index (χ3n) is 5.53. The van der Waals surface area contributed by atoms with Crippen LogP contribution in [0, 0.1) is 0 Å². The fourth-order valence-electron chi connectivity index (χ4n) is 4.03. The van der Waals surface area contributed by atoms with E-state index in [0.29, 0.717) is 19.1 Å². The molecule has 0 saturated carbocycles. The van der Waals surface area contributed by atoms with Gasteiger partial charge in [-0.3, -0.25) is 4.79 Å². The quantitative estimate of drug-likeness (QED) is 0.873. The average molecular weight is 345 g/mol. The summed E-state index contributed by atoms with van der Waals surface area (Å²) in [5.74, 6) is 1.60. The number of nitrogens with one attached hydrogen (secondary N) is 1. The van der Waals surface area contributed by atoms with Crippen LogP contribution in [0.3, 0.4) is 0 Å². The molecule has 0 unspecified atom stereocenters. The summed E-state index contributed by atoms with van der Waals surface area (Å²) in [4.78, 5) is 25.8. The highest BCUT2D eigenvalue weighted by molar-refractivity contribution is 5.81. The Morgan fingerprint density at radius 3 is 2.68 bits per heavy atom. The summed E-state index contributed by atoms with van der Waals surface area (Å²) in [5, 5.41) is 3.23. The molecule has 4 heterocycles. The number of carbonyl (C=O) groups excluding carboxylic acids is 1. The first kappa shape index (κ1) is 16.7. The topological polar surface area (TPSA) is 70.6 Å². The fraction of sp³-hybridized carbons (Fsp3) is 0.722. The number of likely N-dealkylation sites (tertiary alicyclic amines) is 1. The minimum Gasteiger partial charge on any atom is -0.366 e. The van der Waals surface area contributed by atoms with Crippen LogP contribution in [0.1, 0.15) is 37.3 Å². The summed E-state index contributed by atoms with van der Waals surface area (Å²) in [6.45, 7) is 5.84. The van der Waals surface area contributed by atoms with Crippen molar-refractivity contribution >= 4 is 11.7 Å². The molecule has 0 bridgehead atoms. The number of hydrogen-bond donors (Lipinski definition) is 1. The van der Waals surface area contributed by atoms with Crippen LogP contribution in [0.2, 0.25) is 0 Å². The number of hydrogen-bond acceptors (Lipinski definition) is 6. The predicted octanol–water partition coefficient (Wildman–Crippen LogP) is 0.771. The Balaban J connectivity index is 1.35. The van der Waals surface area contributed by atoms with E-state index in [1.54, 1.807) is 6.33 Å². The maximum Gasteiger partial charge on any atom is 0.253 e. The predicted molar refractivity (Wildman–Crippen MR) is 94.6 cm³/mol.